The molecule has 0 aliphatic rings. The Labute approximate surface area is 184 Å². The third-order valence-corrected chi connectivity index (χ3v) is 6.20. The summed E-state index contributed by atoms with van der Waals surface area (Å²) in [5.74, 6) is 0. The van der Waals surface area contributed by atoms with E-state index in [1.54, 1.807) is 0 Å². The fourth-order valence-corrected chi connectivity index (χ4v) is 4.12. The summed E-state index contributed by atoms with van der Waals surface area (Å²) in [5, 5.41) is 0. The second-order valence-corrected chi connectivity index (χ2v) is 8.81. The van der Waals surface area contributed by atoms with E-state index in [2.05, 4.69) is 0 Å². The first-order chi connectivity index (χ1) is 14.6. The zero-order chi connectivity index (χ0) is 23.6. The van der Waals surface area contributed by atoms with Gasteiger partial charge in [0.25, 0.3) is 0 Å². The van der Waals surface area contributed by atoms with Gasteiger partial charge in [-0.25, -0.2) is 0 Å². The third-order valence-electron chi connectivity index (χ3n) is 6.20. The number of rotatable bonds is 20. The zero-order valence-corrected chi connectivity index (χ0v) is 19.1. The molecule has 0 atom stereocenters. The summed E-state index contributed by atoms with van der Waals surface area (Å²) in [7, 11) is 0. The molecule has 0 radical (unpaired) electrons. The average molecular weight is 463 g/mol. The van der Waals surface area contributed by atoms with Crippen LogP contribution in [0.1, 0.15) is 116 Å². The maximum Gasteiger partial charge on any atom is 0.403 e. The minimum Gasteiger partial charge on any atom is -0.330 e. The van der Waals surface area contributed by atoms with Crippen LogP contribution in [0.15, 0.2) is 0 Å². The van der Waals surface area contributed by atoms with Crippen LogP contribution < -0.4 is 11.5 Å². The predicted octanol–water partition coefficient (Wildman–Crippen LogP) is 8.04. The van der Waals surface area contributed by atoms with Crippen molar-refractivity contribution >= 4 is 0 Å². The van der Waals surface area contributed by atoms with Gasteiger partial charge >= 0.3 is 12.4 Å². The number of unbranched alkanes of at least 4 members (excludes halogenated alkanes) is 14. The molecule has 0 aliphatic heterocycles. The van der Waals surface area contributed by atoms with Gasteiger partial charge in [0.2, 0.25) is 0 Å². The molecule has 0 aliphatic carbocycles. The summed E-state index contributed by atoms with van der Waals surface area (Å²) in [6.45, 7) is 1.29. The molecule has 0 amide bonds. The first-order valence-electron chi connectivity index (χ1n) is 12.2. The van der Waals surface area contributed by atoms with Crippen LogP contribution in [0.5, 0.6) is 0 Å². The Morgan fingerprint density at radius 2 is 0.581 bits per heavy atom. The van der Waals surface area contributed by atoms with Crippen molar-refractivity contribution in [3.8, 4) is 0 Å². The van der Waals surface area contributed by atoms with E-state index in [-0.39, 0.29) is 12.8 Å². The molecule has 0 bridgehead atoms. The maximum atomic E-state index is 13.6. The Balaban J connectivity index is 4.43. The van der Waals surface area contributed by atoms with Gasteiger partial charge in [-0.1, -0.05) is 89.9 Å². The van der Waals surface area contributed by atoms with Crippen molar-refractivity contribution < 1.29 is 26.3 Å². The number of halogens is 6. The average Bonchev–Trinajstić information content (AvgIpc) is 2.67. The highest BCUT2D eigenvalue weighted by atomic mass is 19.4. The molecule has 0 saturated carbocycles. The Morgan fingerprint density at radius 3 is 0.806 bits per heavy atom. The standard InChI is InChI=1S/C23H44F6N2/c24-22(25,26)21(23(27,28)29,17-13-9-5-1-3-7-11-15-19-30)18-14-10-6-2-4-8-12-16-20-31/h1-20,30-31H2. The molecule has 0 aromatic heterocycles. The second-order valence-electron chi connectivity index (χ2n) is 8.81. The molecule has 0 aromatic carbocycles. The van der Waals surface area contributed by atoms with Gasteiger partial charge in [-0.15, -0.1) is 0 Å². The van der Waals surface area contributed by atoms with E-state index >= 15 is 0 Å². The maximum absolute atomic E-state index is 13.6. The zero-order valence-electron chi connectivity index (χ0n) is 19.1. The van der Waals surface area contributed by atoms with Crippen LogP contribution in [-0.2, 0) is 0 Å². The largest absolute Gasteiger partial charge is 0.403 e. The molecule has 0 heterocycles. The monoisotopic (exact) mass is 462 g/mol. The van der Waals surface area contributed by atoms with Crippen molar-refractivity contribution in [2.24, 2.45) is 16.9 Å². The van der Waals surface area contributed by atoms with Gasteiger partial charge < -0.3 is 11.5 Å². The molecule has 0 fully saturated rings. The van der Waals surface area contributed by atoms with Crippen molar-refractivity contribution in [2.45, 2.75) is 128 Å². The van der Waals surface area contributed by atoms with Gasteiger partial charge in [-0.05, 0) is 38.8 Å². The van der Waals surface area contributed by atoms with Crippen LogP contribution in [0, 0.1) is 5.41 Å². The first kappa shape index (κ1) is 30.5. The molecule has 31 heavy (non-hydrogen) atoms. The molecule has 0 spiro atoms. The lowest BCUT2D eigenvalue weighted by Crippen LogP contribution is -2.50. The SMILES string of the molecule is NCCCCCCCCCCC(CCCCCCCCCCN)(C(F)(F)F)C(F)(F)F. The number of alkyl halides is 6. The highest BCUT2D eigenvalue weighted by Crippen LogP contribution is 2.56. The highest BCUT2D eigenvalue weighted by Gasteiger charge is 2.69. The minimum atomic E-state index is -5.27. The van der Waals surface area contributed by atoms with Crippen molar-refractivity contribution in [3.05, 3.63) is 0 Å². The van der Waals surface area contributed by atoms with Crippen molar-refractivity contribution in [1.29, 1.82) is 0 Å². The lowest BCUT2D eigenvalue weighted by Gasteiger charge is -2.37. The fraction of sp³-hybridized carbons (Fsp3) is 1.00. The molecular weight excluding hydrogens is 418 g/mol. The number of hydrogen-bond acceptors (Lipinski definition) is 2. The van der Waals surface area contributed by atoms with Crippen molar-refractivity contribution in [2.75, 3.05) is 13.1 Å². The molecule has 0 aromatic rings. The molecule has 0 saturated heterocycles. The Hall–Kier alpha value is -0.500. The first-order valence-corrected chi connectivity index (χ1v) is 12.2. The van der Waals surface area contributed by atoms with Crippen LogP contribution in [-0.4, -0.2) is 25.4 Å². The molecule has 2 nitrogen and oxygen atoms in total. The van der Waals surface area contributed by atoms with Gasteiger partial charge in [-0.2, -0.15) is 26.3 Å². The third kappa shape index (κ3) is 13.0. The van der Waals surface area contributed by atoms with Gasteiger partial charge in [0.15, 0.2) is 5.41 Å². The molecule has 4 N–H and O–H groups in total. The van der Waals surface area contributed by atoms with E-state index in [4.69, 9.17) is 11.5 Å². The summed E-state index contributed by atoms with van der Waals surface area (Å²) in [6.07, 6.45) is -0.562. The van der Waals surface area contributed by atoms with Crippen LogP contribution in [0.2, 0.25) is 0 Å². The molecular formula is C23H44F6N2. The quantitative estimate of drug-likeness (QED) is 0.142. The molecule has 0 rings (SSSR count). The minimum absolute atomic E-state index is 0.0387. The summed E-state index contributed by atoms with van der Waals surface area (Å²) < 4.78 is 81.8. The molecule has 188 valence electrons. The predicted molar refractivity (Wildman–Crippen MR) is 116 cm³/mol. The summed E-state index contributed by atoms with van der Waals surface area (Å²) >= 11 is 0. The van der Waals surface area contributed by atoms with E-state index in [1.165, 1.54) is 0 Å². The van der Waals surface area contributed by atoms with E-state index in [0.717, 1.165) is 64.2 Å². The summed E-state index contributed by atoms with van der Waals surface area (Å²) in [5.41, 5.74) is 7.26. The van der Waals surface area contributed by atoms with Crippen molar-refractivity contribution in [1.82, 2.24) is 0 Å². The van der Waals surface area contributed by atoms with Crippen LogP contribution in [0.4, 0.5) is 26.3 Å². The summed E-state index contributed by atoms with van der Waals surface area (Å²) in [4.78, 5) is 0. The van der Waals surface area contributed by atoms with E-state index in [1.807, 2.05) is 0 Å². The summed E-state index contributed by atoms with van der Waals surface area (Å²) in [6, 6.07) is 0. The Morgan fingerprint density at radius 1 is 0.355 bits per heavy atom. The topological polar surface area (TPSA) is 52.0 Å². The van der Waals surface area contributed by atoms with E-state index < -0.39 is 30.6 Å². The smallest absolute Gasteiger partial charge is 0.330 e. The highest BCUT2D eigenvalue weighted by molar-refractivity contribution is 4.93. The molecule has 0 unspecified atom stereocenters. The number of nitrogens with two attached hydrogens (primary N) is 2. The number of hydrogen-bond donors (Lipinski definition) is 2. The van der Waals surface area contributed by atoms with Crippen LogP contribution in [0.3, 0.4) is 0 Å². The lowest BCUT2D eigenvalue weighted by molar-refractivity contribution is -0.346. The van der Waals surface area contributed by atoms with Gasteiger partial charge in [0, 0.05) is 0 Å². The van der Waals surface area contributed by atoms with Gasteiger partial charge in [0.1, 0.15) is 0 Å². The second kappa shape index (κ2) is 17.0. The van der Waals surface area contributed by atoms with Crippen molar-refractivity contribution in [3.63, 3.8) is 0 Å². The van der Waals surface area contributed by atoms with E-state index in [9.17, 15) is 26.3 Å². The van der Waals surface area contributed by atoms with Crippen LogP contribution in [0.25, 0.3) is 0 Å². The molecule has 8 heteroatoms. The lowest BCUT2D eigenvalue weighted by atomic mass is 9.76. The van der Waals surface area contributed by atoms with Crippen LogP contribution >= 0.6 is 0 Å². The van der Waals surface area contributed by atoms with Gasteiger partial charge in [-0.3, -0.25) is 0 Å². The Kier molecular flexibility index (Phi) is 16.8. The van der Waals surface area contributed by atoms with Gasteiger partial charge in [0.05, 0.1) is 0 Å². The van der Waals surface area contributed by atoms with E-state index in [0.29, 0.717) is 38.8 Å². The fourth-order valence-electron chi connectivity index (χ4n) is 4.12. The Bertz CT molecular complexity index is 372. The normalized spacial score (nSPS) is 13.2.